The molecule has 0 atom stereocenters. The molecule has 3 rings (SSSR count). The van der Waals surface area contributed by atoms with Crippen molar-refractivity contribution in [3.63, 3.8) is 0 Å². The van der Waals surface area contributed by atoms with Crippen molar-refractivity contribution in [1.29, 1.82) is 0 Å². The highest BCUT2D eigenvalue weighted by molar-refractivity contribution is 6.33. The fourth-order valence-electron chi connectivity index (χ4n) is 3.30. The lowest BCUT2D eigenvalue weighted by Gasteiger charge is -2.21. The maximum absolute atomic E-state index is 12.9. The van der Waals surface area contributed by atoms with Crippen LogP contribution in [-0.2, 0) is 12.7 Å². The first-order valence-corrected chi connectivity index (χ1v) is 9.36. The second-order valence-electron chi connectivity index (χ2n) is 7.20. The molecule has 0 amide bonds. The molecule has 0 N–H and O–H groups in total. The summed E-state index contributed by atoms with van der Waals surface area (Å²) in [6, 6.07) is 4.44. The molecule has 8 heteroatoms. The van der Waals surface area contributed by atoms with E-state index in [0.717, 1.165) is 30.9 Å². The second kappa shape index (κ2) is 8.17. The van der Waals surface area contributed by atoms with Gasteiger partial charge in [0, 0.05) is 37.0 Å². The Hall–Kier alpha value is -1.99. The number of halogens is 4. The molecule has 1 aromatic heterocycles. The third kappa shape index (κ3) is 4.52. The van der Waals surface area contributed by atoms with Gasteiger partial charge in [0.25, 0.3) is 0 Å². The Balaban J connectivity index is 2.03. The van der Waals surface area contributed by atoms with Crippen LogP contribution in [0, 0.1) is 5.92 Å². The van der Waals surface area contributed by atoms with Gasteiger partial charge in [-0.15, -0.1) is 0 Å². The molecule has 0 unspecified atom stereocenters. The van der Waals surface area contributed by atoms with Gasteiger partial charge in [0.1, 0.15) is 6.61 Å². The van der Waals surface area contributed by atoms with Crippen LogP contribution in [-0.4, -0.2) is 36.7 Å². The van der Waals surface area contributed by atoms with Crippen molar-refractivity contribution >= 4 is 11.6 Å². The number of fused-ring (bicyclic) bond motifs is 1. The summed E-state index contributed by atoms with van der Waals surface area (Å²) in [6.07, 6.45) is -3.70. The number of rotatable bonds is 4. The number of benzene rings is 1. The zero-order valence-corrected chi connectivity index (χ0v) is 16.7. The Morgan fingerprint density at radius 2 is 2.04 bits per heavy atom. The lowest BCUT2D eigenvalue weighted by Crippen LogP contribution is -2.29. The molecule has 0 aliphatic carbocycles. The minimum Gasteiger partial charge on any atom is -0.493 e. The van der Waals surface area contributed by atoms with Crippen LogP contribution in [0.5, 0.6) is 11.5 Å². The van der Waals surface area contributed by atoms with Crippen LogP contribution < -0.4 is 9.47 Å². The van der Waals surface area contributed by atoms with E-state index in [1.165, 1.54) is 7.11 Å². The second-order valence-corrected chi connectivity index (χ2v) is 7.60. The van der Waals surface area contributed by atoms with Gasteiger partial charge in [0.05, 0.1) is 23.4 Å². The van der Waals surface area contributed by atoms with E-state index in [1.807, 2.05) is 6.07 Å². The van der Waals surface area contributed by atoms with Crippen LogP contribution in [0.2, 0.25) is 5.02 Å². The minimum atomic E-state index is -4.49. The summed E-state index contributed by atoms with van der Waals surface area (Å²) in [4.78, 5) is 6.25. The smallest absolute Gasteiger partial charge is 0.417 e. The zero-order chi connectivity index (χ0) is 20.5. The van der Waals surface area contributed by atoms with Crippen molar-refractivity contribution < 1.29 is 22.6 Å². The third-order valence-electron chi connectivity index (χ3n) is 4.46. The van der Waals surface area contributed by atoms with Gasteiger partial charge in [0.15, 0.2) is 11.5 Å². The molecule has 0 saturated heterocycles. The van der Waals surface area contributed by atoms with Crippen molar-refractivity contribution in [1.82, 2.24) is 9.88 Å². The minimum absolute atomic E-state index is 0.0644. The number of alkyl halides is 3. The molecular formula is C20H22ClF3N2O2. The van der Waals surface area contributed by atoms with Crippen molar-refractivity contribution in [3.05, 3.63) is 40.5 Å². The van der Waals surface area contributed by atoms with E-state index >= 15 is 0 Å². The summed E-state index contributed by atoms with van der Waals surface area (Å²) >= 11 is 6.13. The third-order valence-corrected chi connectivity index (χ3v) is 4.75. The number of pyridine rings is 1. The van der Waals surface area contributed by atoms with E-state index in [-0.39, 0.29) is 10.7 Å². The molecule has 4 nitrogen and oxygen atoms in total. The Bertz CT molecular complexity index is 856. The average Bonchev–Trinajstić information content (AvgIpc) is 2.81. The van der Waals surface area contributed by atoms with E-state index in [0.29, 0.717) is 36.1 Å². The molecular weight excluding hydrogens is 393 g/mol. The van der Waals surface area contributed by atoms with E-state index in [1.54, 1.807) is 6.07 Å². The molecule has 2 aromatic rings. The van der Waals surface area contributed by atoms with Crippen LogP contribution in [0.15, 0.2) is 24.4 Å². The summed E-state index contributed by atoms with van der Waals surface area (Å²) in [5.41, 5.74) is 0.874. The quantitative estimate of drug-likeness (QED) is 0.681. The lowest BCUT2D eigenvalue weighted by molar-refractivity contribution is -0.137. The largest absolute Gasteiger partial charge is 0.493 e. The maximum Gasteiger partial charge on any atom is 0.417 e. The molecule has 0 radical (unpaired) electrons. The van der Waals surface area contributed by atoms with E-state index < -0.39 is 11.7 Å². The van der Waals surface area contributed by atoms with Crippen LogP contribution in [0.3, 0.4) is 0 Å². The van der Waals surface area contributed by atoms with Gasteiger partial charge in [-0.3, -0.25) is 9.88 Å². The summed E-state index contributed by atoms with van der Waals surface area (Å²) in [7, 11) is 1.53. The lowest BCUT2D eigenvalue weighted by atomic mass is 10.0. The first kappa shape index (κ1) is 20.7. The van der Waals surface area contributed by atoms with E-state index in [4.69, 9.17) is 21.1 Å². The van der Waals surface area contributed by atoms with Gasteiger partial charge < -0.3 is 9.47 Å². The Labute approximate surface area is 167 Å². The van der Waals surface area contributed by atoms with Crippen molar-refractivity contribution in [2.45, 2.75) is 26.6 Å². The van der Waals surface area contributed by atoms with Crippen molar-refractivity contribution in [3.8, 4) is 22.8 Å². The highest BCUT2D eigenvalue weighted by Crippen LogP contribution is 2.40. The van der Waals surface area contributed by atoms with Gasteiger partial charge in [-0.2, -0.15) is 13.2 Å². The number of hydrogen-bond acceptors (Lipinski definition) is 4. The number of hydrogen-bond donors (Lipinski definition) is 0. The standard InChI is InChI=1S/C20H22ClF3N2O2/c1-12(2)10-26-4-5-28-19-14(11-26)6-13(7-17(19)27-3)18-16(21)8-15(9-25-18)20(22,23)24/h6-9,12H,4-5,10-11H2,1-3H3. The number of nitrogens with zero attached hydrogens (tertiary/aromatic N) is 2. The predicted octanol–water partition coefficient (Wildman–Crippen LogP) is 5.28. The number of methoxy groups -OCH3 is 1. The van der Waals surface area contributed by atoms with Gasteiger partial charge in [-0.05, 0) is 24.1 Å². The number of ether oxygens (including phenoxy) is 2. The van der Waals surface area contributed by atoms with Gasteiger partial charge >= 0.3 is 6.18 Å². The highest BCUT2D eigenvalue weighted by Gasteiger charge is 2.32. The Morgan fingerprint density at radius 3 is 2.64 bits per heavy atom. The molecule has 1 aliphatic heterocycles. The summed E-state index contributed by atoms with van der Waals surface area (Å²) in [6.45, 7) is 7.18. The fraction of sp³-hybridized carbons (Fsp3) is 0.450. The first-order valence-electron chi connectivity index (χ1n) is 8.98. The normalized spacial score (nSPS) is 15.1. The zero-order valence-electron chi connectivity index (χ0n) is 15.9. The average molecular weight is 415 g/mol. The monoisotopic (exact) mass is 414 g/mol. The Kier molecular flexibility index (Phi) is 6.05. The predicted molar refractivity (Wildman–Crippen MR) is 102 cm³/mol. The van der Waals surface area contributed by atoms with Crippen LogP contribution in [0.4, 0.5) is 13.2 Å². The molecule has 152 valence electrons. The van der Waals surface area contributed by atoms with Crippen LogP contribution in [0.1, 0.15) is 25.0 Å². The van der Waals surface area contributed by atoms with Crippen LogP contribution in [0.25, 0.3) is 11.3 Å². The molecule has 0 bridgehead atoms. The highest BCUT2D eigenvalue weighted by atomic mass is 35.5. The first-order chi connectivity index (χ1) is 13.2. The topological polar surface area (TPSA) is 34.6 Å². The van der Waals surface area contributed by atoms with Crippen LogP contribution >= 0.6 is 11.6 Å². The van der Waals surface area contributed by atoms with Gasteiger partial charge in [-0.1, -0.05) is 25.4 Å². The molecule has 0 spiro atoms. The Morgan fingerprint density at radius 1 is 1.29 bits per heavy atom. The van der Waals surface area contributed by atoms with Crippen molar-refractivity contribution in [2.75, 3.05) is 26.8 Å². The maximum atomic E-state index is 12.9. The molecule has 1 aromatic carbocycles. The van der Waals surface area contributed by atoms with Gasteiger partial charge in [0.2, 0.25) is 0 Å². The number of aromatic nitrogens is 1. The summed E-state index contributed by atoms with van der Waals surface area (Å²) in [5.74, 6) is 1.66. The van der Waals surface area contributed by atoms with Crippen molar-refractivity contribution in [2.24, 2.45) is 5.92 Å². The van der Waals surface area contributed by atoms with Gasteiger partial charge in [-0.25, -0.2) is 0 Å². The van der Waals surface area contributed by atoms with E-state index in [2.05, 4.69) is 23.7 Å². The molecule has 28 heavy (non-hydrogen) atoms. The molecule has 2 heterocycles. The molecule has 0 fully saturated rings. The summed E-state index contributed by atoms with van der Waals surface area (Å²) < 4.78 is 50.1. The molecule has 1 aliphatic rings. The SMILES string of the molecule is COc1cc(-c2ncc(C(F)(F)F)cc2Cl)cc2c1OCCN(CC(C)C)C2. The molecule has 0 saturated carbocycles. The van der Waals surface area contributed by atoms with E-state index in [9.17, 15) is 13.2 Å². The fourth-order valence-corrected chi connectivity index (χ4v) is 3.58. The summed E-state index contributed by atoms with van der Waals surface area (Å²) in [5, 5.41) is -0.0644.